The van der Waals surface area contributed by atoms with Gasteiger partial charge in [-0.05, 0) is 62.4 Å². The number of hydrogen-bond donors (Lipinski definition) is 2. The third kappa shape index (κ3) is 5.68. The lowest BCUT2D eigenvalue weighted by molar-refractivity contribution is -0.126. The molecular weight excluding hydrogens is 459 g/mol. The molecule has 0 radical (unpaired) electrons. The largest absolute Gasteiger partial charge is 0.349 e. The first kappa shape index (κ1) is 24.0. The number of amides is 1. The molecule has 0 spiro atoms. The maximum Gasteiger partial charge on any atom is 0.240 e. The summed E-state index contributed by atoms with van der Waals surface area (Å²) in [5.74, 6) is 0.152. The Kier molecular flexibility index (Phi) is 7.08. The summed E-state index contributed by atoms with van der Waals surface area (Å²) in [5.41, 5.74) is 1.38. The molecule has 10 heteroatoms. The first-order valence-corrected chi connectivity index (χ1v) is 12.7. The molecule has 0 bridgehead atoms. The Labute approximate surface area is 198 Å². The van der Waals surface area contributed by atoms with Crippen molar-refractivity contribution < 1.29 is 22.1 Å². The number of nitrogens with one attached hydrogen (secondary N) is 2. The highest BCUT2D eigenvalue weighted by molar-refractivity contribution is 7.89. The van der Waals surface area contributed by atoms with Crippen LogP contribution in [-0.4, -0.2) is 30.5 Å². The monoisotopic (exact) mass is 486 g/mol. The van der Waals surface area contributed by atoms with Crippen LogP contribution in [0.5, 0.6) is 0 Å². The SMILES string of the molecule is Cc1nc(-c2cccc(S(=O)(=O)NC3CCC(C(=O)NC(C)c4ccc(F)cc4)CC3)c2)no1. The predicted octanol–water partition coefficient (Wildman–Crippen LogP) is 3.90. The van der Waals surface area contributed by atoms with Crippen LogP contribution in [-0.2, 0) is 14.8 Å². The maximum atomic E-state index is 13.1. The van der Waals surface area contributed by atoms with Crippen LogP contribution in [0, 0.1) is 18.7 Å². The van der Waals surface area contributed by atoms with Crippen molar-refractivity contribution in [2.24, 2.45) is 5.92 Å². The van der Waals surface area contributed by atoms with E-state index >= 15 is 0 Å². The van der Waals surface area contributed by atoms with Gasteiger partial charge < -0.3 is 9.84 Å². The number of nitrogens with zero attached hydrogens (tertiary/aromatic N) is 2. The van der Waals surface area contributed by atoms with E-state index in [1.807, 2.05) is 6.92 Å². The third-order valence-corrected chi connectivity index (χ3v) is 7.60. The fourth-order valence-electron chi connectivity index (χ4n) is 4.15. The van der Waals surface area contributed by atoms with Gasteiger partial charge in [0.2, 0.25) is 27.6 Å². The Bertz CT molecular complexity index is 1250. The molecule has 1 unspecified atom stereocenters. The quantitative estimate of drug-likeness (QED) is 0.524. The van der Waals surface area contributed by atoms with Crippen molar-refractivity contribution >= 4 is 15.9 Å². The Morgan fingerprint density at radius 3 is 2.47 bits per heavy atom. The molecule has 34 heavy (non-hydrogen) atoms. The fraction of sp³-hybridized carbons (Fsp3) is 0.375. The molecule has 2 N–H and O–H groups in total. The zero-order valence-corrected chi connectivity index (χ0v) is 19.8. The Morgan fingerprint density at radius 1 is 1.12 bits per heavy atom. The average molecular weight is 487 g/mol. The second-order valence-electron chi connectivity index (χ2n) is 8.62. The number of halogens is 1. The molecule has 3 aromatic rings. The van der Waals surface area contributed by atoms with Crippen LogP contribution < -0.4 is 10.0 Å². The lowest BCUT2D eigenvalue weighted by Gasteiger charge is -2.29. The van der Waals surface area contributed by atoms with Crippen LogP contribution in [0.4, 0.5) is 4.39 Å². The molecule has 1 atom stereocenters. The molecule has 8 nitrogen and oxygen atoms in total. The Hall–Kier alpha value is -3.11. The minimum absolute atomic E-state index is 0.0683. The minimum atomic E-state index is -3.75. The molecule has 180 valence electrons. The maximum absolute atomic E-state index is 13.1. The minimum Gasteiger partial charge on any atom is -0.349 e. The summed E-state index contributed by atoms with van der Waals surface area (Å²) in [6.07, 6.45) is 2.28. The van der Waals surface area contributed by atoms with Gasteiger partial charge in [-0.3, -0.25) is 4.79 Å². The zero-order valence-electron chi connectivity index (χ0n) is 19.0. The molecule has 2 aromatic carbocycles. The van der Waals surface area contributed by atoms with Gasteiger partial charge in [0, 0.05) is 24.4 Å². The van der Waals surface area contributed by atoms with Gasteiger partial charge in [-0.15, -0.1) is 0 Å². The highest BCUT2D eigenvalue weighted by Gasteiger charge is 2.30. The van der Waals surface area contributed by atoms with Gasteiger partial charge >= 0.3 is 0 Å². The molecule has 1 fully saturated rings. The standard InChI is InChI=1S/C24H27FN4O4S/c1-15(17-6-10-20(25)11-7-17)26-24(30)18-8-12-21(13-9-18)29-34(31,32)22-5-3-4-19(14-22)23-27-16(2)33-28-23/h3-7,10-11,14-15,18,21,29H,8-9,12-13H2,1-2H3,(H,26,30). The zero-order chi connectivity index (χ0) is 24.3. The summed E-state index contributed by atoms with van der Waals surface area (Å²) in [6.45, 7) is 3.52. The second-order valence-corrected chi connectivity index (χ2v) is 10.3. The third-order valence-electron chi connectivity index (χ3n) is 6.08. The number of rotatable bonds is 7. The van der Waals surface area contributed by atoms with E-state index in [1.165, 1.54) is 24.3 Å². The predicted molar refractivity (Wildman–Crippen MR) is 123 cm³/mol. The molecule has 1 aliphatic rings. The number of carbonyl (C=O) groups is 1. The van der Waals surface area contributed by atoms with Gasteiger partial charge in [-0.2, -0.15) is 4.98 Å². The van der Waals surface area contributed by atoms with Crippen LogP contribution in [0.3, 0.4) is 0 Å². The van der Waals surface area contributed by atoms with E-state index in [4.69, 9.17) is 4.52 Å². The Morgan fingerprint density at radius 2 is 1.82 bits per heavy atom. The van der Waals surface area contributed by atoms with Gasteiger partial charge in [-0.1, -0.05) is 29.4 Å². The fourth-order valence-corrected chi connectivity index (χ4v) is 5.50. The number of aryl methyl sites for hydroxylation is 1. The number of hydrogen-bond acceptors (Lipinski definition) is 6. The van der Waals surface area contributed by atoms with E-state index in [0.717, 1.165) is 5.56 Å². The van der Waals surface area contributed by atoms with Gasteiger partial charge in [0.1, 0.15) is 5.82 Å². The lowest BCUT2D eigenvalue weighted by Crippen LogP contribution is -2.41. The van der Waals surface area contributed by atoms with E-state index in [-0.39, 0.29) is 34.6 Å². The molecule has 1 aliphatic carbocycles. The van der Waals surface area contributed by atoms with Crippen molar-refractivity contribution in [2.45, 2.75) is 56.5 Å². The van der Waals surface area contributed by atoms with Gasteiger partial charge in [0.05, 0.1) is 10.9 Å². The lowest BCUT2D eigenvalue weighted by atomic mass is 9.85. The normalized spacial score (nSPS) is 19.5. The number of aromatic nitrogens is 2. The molecule has 0 aliphatic heterocycles. The number of carbonyl (C=O) groups excluding carboxylic acids is 1. The van der Waals surface area contributed by atoms with E-state index < -0.39 is 10.0 Å². The van der Waals surface area contributed by atoms with Crippen molar-refractivity contribution in [3.05, 3.63) is 65.8 Å². The van der Waals surface area contributed by atoms with E-state index in [9.17, 15) is 17.6 Å². The Balaban J connectivity index is 1.32. The molecule has 0 saturated heterocycles. The first-order chi connectivity index (χ1) is 16.2. The van der Waals surface area contributed by atoms with Crippen molar-refractivity contribution in [2.75, 3.05) is 0 Å². The van der Waals surface area contributed by atoms with Crippen LogP contribution in [0.1, 0.15) is 50.1 Å². The molecule has 1 aromatic heterocycles. The van der Waals surface area contributed by atoms with Crippen molar-refractivity contribution in [3.8, 4) is 11.4 Å². The number of benzene rings is 2. The summed E-state index contributed by atoms with van der Waals surface area (Å²) in [7, 11) is -3.75. The van der Waals surface area contributed by atoms with Crippen LogP contribution in [0.25, 0.3) is 11.4 Å². The van der Waals surface area contributed by atoms with Crippen molar-refractivity contribution in [1.82, 2.24) is 20.2 Å². The first-order valence-electron chi connectivity index (χ1n) is 11.2. The summed E-state index contributed by atoms with van der Waals surface area (Å²) >= 11 is 0. The summed E-state index contributed by atoms with van der Waals surface area (Å²) in [5, 5.41) is 6.82. The smallest absolute Gasteiger partial charge is 0.240 e. The van der Waals surface area contributed by atoms with Crippen LogP contribution in [0.15, 0.2) is 57.9 Å². The van der Waals surface area contributed by atoms with E-state index in [0.29, 0.717) is 43.0 Å². The highest BCUT2D eigenvalue weighted by atomic mass is 32.2. The van der Waals surface area contributed by atoms with Gasteiger partial charge in [0.15, 0.2) is 0 Å². The average Bonchev–Trinajstić information content (AvgIpc) is 3.26. The van der Waals surface area contributed by atoms with Crippen molar-refractivity contribution in [1.29, 1.82) is 0 Å². The highest BCUT2D eigenvalue weighted by Crippen LogP contribution is 2.27. The van der Waals surface area contributed by atoms with Gasteiger partial charge in [-0.25, -0.2) is 17.5 Å². The second kappa shape index (κ2) is 10.0. The molecular formula is C24H27FN4O4S. The van der Waals surface area contributed by atoms with E-state index in [1.54, 1.807) is 31.2 Å². The molecule has 1 heterocycles. The number of sulfonamides is 1. The summed E-state index contributed by atoms with van der Waals surface area (Å²) in [4.78, 5) is 17.0. The van der Waals surface area contributed by atoms with Crippen molar-refractivity contribution in [3.63, 3.8) is 0 Å². The summed E-state index contributed by atoms with van der Waals surface area (Å²) < 4.78 is 46.8. The van der Waals surface area contributed by atoms with Crippen LogP contribution >= 0.6 is 0 Å². The van der Waals surface area contributed by atoms with E-state index in [2.05, 4.69) is 20.2 Å². The molecule has 1 amide bonds. The molecule has 4 rings (SSSR count). The topological polar surface area (TPSA) is 114 Å². The van der Waals surface area contributed by atoms with Crippen LogP contribution in [0.2, 0.25) is 0 Å². The molecule has 1 saturated carbocycles. The van der Waals surface area contributed by atoms with Gasteiger partial charge in [0.25, 0.3) is 0 Å². The summed E-state index contributed by atoms with van der Waals surface area (Å²) in [6, 6.07) is 12.0.